The van der Waals surface area contributed by atoms with E-state index in [0.717, 1.165) is 0 Å². The number of rotatable bonds is 2. The maximum atomic E-state index is 7.00. The fourth-order valence-corrected chi connectivity index (χ4v) is 0.201. The van der Waals surface area contributed by atoms with E-state index in [0.29, 0.717) is 12.3 Å². The molecule has 0 bridgehead atoms. The van der Waals surface area contributed by atoms with Crippen molar-refractivity contribution in [2.24, 2.45) is 11.7 Å². The second kappa shape index (κ2) is 2.75. The molecule has 0 aliphatic rings. The average molecular weight is 99.2 g/mol. The summed E-state index contributed by atoms with van der Waals surface area (Å²) >= 11 is 0. The van der Waals surface area contributed by atoms with Gasteiger partial charge in [0.05, 0.1) is 0 Å². The van der Waals surface area contributed by atoms with Crippen molar-refractivity contribution in [2.45, 2.75) is 6.92 Å². The Morgan fingerprint density at radius 1 is 2.00 bits per heavy atom. The lowest BCUT2D eigenvalue weighted by Gasteiger charge is -2.00. The first-order valence-corrected chi connectivity index (χ1v) is 2.29. The van der Waals surface area contributed by atoms with E-state index in [1.54, 1.807) is 0 Å². The van der Waals surface area contributed by atoms with Gasteiger partial charge >= 0.3 is 0 Å². The molecule has 0 rings (SSSR count). The van der Waals surface area contributed by atoms with E-state index in [1.165, 1.54) is 0 Å². The van der Waals surface area contributed by atoms with Crippen molar-refractivity contribution < 1.29 is 0 Å². The molecule has 0 aliphatic carbocycles. The molecule has 1 radical (unpaired) electrons. The molecule has 0 heterocycles. The molecule has 0 aromatic rings. The first-order chi connectivity index (χ1) is 3.18. The van der Waals surface area contributed by atoms with Crippen molar-refractivity contribution in [3.05, 3.63) is 6.92 Å². The molecule has 0 aliphatic heterocycles. The Morgan fingerprint density at radius 2 is 2.43 bits per heavy atom. The molecule has 0 saturated carbocycles. The topological polar surface area (TPSA) is 49.9 Å². The van der Waals surface area contributed by atoms with Crippen LogP contribution in [0.5, 0.6) is 0 Å². The van der Waals surface area contributed by atoms with E-state index in [-0.39, 0.29) is 5.92 Å². The molecular weight excluding hydrogens is 88.1 g/mol. The van der Waals surface area contributed by atoms with E-state index in [4.69, 9.17) is 11.1 Å². The summed E-state index contributed by atoms with van der Waals surface area (Å²) in [5, 5.41) is 7.00. The van der Waals surface area contributed by atoms with Crippen molar-refractivity contribution in [3.63, 3.8) is 0 Å². The Labute approximate surface area is 44.2 Å². The molecule has 3 N–H and O–H groups in total. The van der Waals surface area contributed by atoms with Crippen LogP contribution in [-0.4, -0.2) is 12.3 Å². The predicted molar refractivity (Wildman–Crippen MR) is 31.3 cm³/mol. The van der Waals surface area contributed by atoms with Gasteiger partial charge in [0.25, 0.3) is 0 Å². The van der Waals surface area contributed by atoms with Crippen LogP contribution in [0.25, 0.3) is 0 Å². The van der Waals surface area contributed by atoms with Crippen LogP contribution in [0.3, 0.4) is 0 Å². The van der Waals surface area contributed by atoms with E-state index in [9.17, 15) is 0 Å². The van der Waals surface area contributed by atoms with Crippen LogP contribution in [0.4, 0.5) is 0 Å². The van der Waals surface area contributed by atoms with E-state index in [1.807, 2.05) is 6.92 Å². The largest absolute Gasteiger partial charge is 0.326 e. The lowest BCUT2D eigenvalue weighted by Crippen LogP contribution is -2.17. The molecule has 0 spiro atoms. The van der Waals surface area contributed by atoms with Gasteiger partial charge in [0.2, 0.25) is 0 Å². The quantitative estimate of drug-likeness (QED) is 0.485. The van der Waals surface area contributed by atoms with E-state index < -0.39 is 0 Å². The SMILES string of the molecule is [CH2]C(C)C(=N)CN. The highest BCUT2D eigenvalue weighted by atomic mass is 14.6. The van der Waals surface area contributed by atoms with Gasteiger partial charge in [0.15, 0.2) is 0 Å². The number of hydrogen-bond acceptors (Lipinski definition) is 2. The minimum Gasteiger partial charge on any atom is -0.326 e. The molecule has 1 atom stereocenters. The van der Waals surface area contributed by atoms with Crippen LogP contribution in [0, 0.1) is 18.3 Å². The molecule has 7 heavy (non-hydrogen) atoms. The van der Waals surface area contributed by atoms with Gasteiger partial charge in [-0.05, 0) is 12.8 Å². The zero-order valence-corrected chi connectivity index (χ0v) is 4.57. The van der Waals surface area contributed by atoms with Gasteiger partial charge in [0.1, 0.15) is 0 Å². The third-order valence-corrected chi connectivity index (χ3v) is 0.815. The molecule has 0 aromatic carbocycles. The van der Waals surface area contributed by atoms with E-state index >= 15 is 0 Å². The van der Waals surface area contributed by atoms with Crippen molar-refractivity contribution in [1.29, 1.82) is 5.41 Å². The normalized spacial score (nSPS) is 9.71. The van der Waals surface area contributed by atoms with E-state index in [2.05, 4.69) is 6.92 Å². The zero-order chi connectivity index (χ0) is 5.86. The molecule has 2 heteroatoms. The molecule has 41 valence electrons. The summed E-state index contributed by atoms with van der Waals surface area (Å²) in [6.07, 6.45) is 0. The predicted octanol–water partition coefficient (Wildman–Crippen LogP) is 0.435. The molecule has 0 aromatic heterocycles. The smallest absolute Gasteiger partial charge is 0.0310 e. The van der Waals surface area contributed by atoms with Gasteiger partial charge in [-0.1, -0.05) is 6.92 Å². The highest BCUT2D eigenvalue weighted by Gasteiger charge is 1.96. The van der Waals surface area contributed by atoms with Crippen LogP contribution >= 0.6 is 0 Å². The summed E-state index contributed by atoms with van der Waals surface area (Å²) in [7, 11) is 0. The Balaban J connectivity index is 3.35. The van der Waals surface area contributed by atoms with Crippen LogP contribution in [0.1, 0.15) is 6.92 Å². The van der Waals surface area contributed by atoms with Crippen LogP contribution < -0.4 is 5.73 Å². The first-order valence-electron chi connectivity index (χ1n) is 2.29. The minimum atomic E-state index is 0.0741. The van der Waals surface area contributed by atoms with Gasteiger partial charge < -0.3 is 11.1 Å². The Morgan fingerprint density at radius 3 is 2.43 bits per heavy atom. The fraction of sp³-hybridized carbons (Fsp3) is 0.600. The summed E-state index contributed by atoms with van der Waals surface area (Å²) < 4.78 is 0. The monoisotopic (exact) mass is 99.1 g/mol. The number of nitrogens with two attached hydrogens (primary N) is 1. The molecule has 0 saturated heterocycles. The zero-order valence-electron chi connectivity index (χ0n) is 4.57. The van der Waals surface area contributed by atoms with Gasteiger partial charge in [-0.25, -0.2) is 0 Å². The lowest BCUT2D eigenvalue weighted by molar-refractivity contribution is 0.950. The van der Waals surface area contributed by atoms with Crippen molar-refractivity contribution in [2.75, 3.05) is 6.54 Å². The summed E-state index contributed by atoms with van der Waals surface area (Å²) in [5.41, 5.74) is 5.62. The summed E-state index contributed by atoms with van der Waals surface area (Å²) in [5.74, 6) is 0.0741. The van der Waals surface area contributed by atoms with Gasteiger partial charge in [0, 0.05) is 12.3 Å². The van der Waals surface area contributed by atoms with Crippen molar-refractivity contribution in [1.82, 2.24) is 0 Å². The third-order valence-electron chi connectivity index (χ3n) is 0.815. The highest BCUT2D eigenvalue weighted by Crippen LogP contribution is 1.89. The second-order valence-electron chi connectivity index (χ2n) is 1.63. The fourth-order valence-electron chi connectivity index (χ4n) is 0.201. The summed E-state index contributed by atoms with van der Waals surface area (Å²) in [6.45, 7) is 5.80. The van der Waals surface area contributed by atoms with Crippen molar-refractivity contribution in [3.8, 4) is 0 Å². The van der Waals surface area contributed by atoms with Gasteiger partial charge in [-0.2, -0.15) is 0 Å². The molecule has 1 unspecified atom stereocenters. The van der Waals surface area contributed by atoms with Gasteiger partial charge in [-0.3, -0.25) is 0 Å². The summed E-state index contributed by atoms with van der Waals surface area (Å²) in [4.78, 5) is 0. The minimum absolute atomic E-state index is 0.0741. The first kappa shape index (κ1) is 6.63. The molecular formula is C5H11N2. The van der Waals surface area contributed by atoms with Gasteiger partial charge in [-0.15, -0.1) is 0 Å². The second-order valence-corrected chi connectivity index (χ2v) is 1.63. The lowest BCUT2D eigenvalue weighted by atomic mass is 10.1. The van der Waals surface area contributed by atoms with Crippen molar-refractivity contribution >= 4 is 5.71 Å². The molecule has 0 amide bonds. The Bertz CT molecular complexity index is 66.5. The third kappa shape index (κ3) is 2.34. The van der Waals surface area contributed by atoms with Crippen LogP contribution in [0.2, 0.25) is 0 Å². The highest BCUT2D eigenvalue weighted by molar-refractivity contribution is 5.85. The molecule has 0 fully saturated rings. The Kier molecular flexibility index (Phi) is 2.60. The van der Waals surface area contributed by atoms with Crippen LogP contribution in [-0.2, 0) is 0 Å². The number of hydrogen-bond donors (Lipinski definition) is 2. The number of nitrogens with one attached hydrogen (secondary N) is 1. The average Bonchev–Trinajstić information content (AvgIpc) is 1.65. The molecule has 2 nitrogen and oxygen atoms in total. The summed E-state index contributed by atoms with van der Waals surface area (Å²) in [6, 6.07) is 0. The maximum absolute atomic E-state index is 7.00. The Hall–Kier alpha value is -0.370. The van der Waals surface area contributed by atoms with Crippen LogP contribution in [0.15, 0.2) is 0 Å². The standard InChI is InChI=1S/C5H11N2/c1-4(2)5(7)3-6/h4,7H,1,3,6H2,2H3. The maximum Gasteiger partial charge on any atom is 0.0310 e.